The molecule has 0 saturated heterocycles. The van der Waals surface area contributed by atoms with Crippen LogP contribution in [0.15, 0.2) is 42.5 Å². The van der Waals surface area contributed by atoms with Crippen molar-refractivity contribution in [1.29, 1.82) is 0 Å². The SMILES string of the molecule is CCc1cccc(OCCOc2ccc(N)c(C)c2)c1. The summed E-state index contributed by atoms with van der Waals surface area (Å²) in [5.74, 6) is 1.71. The number of rotatable bonds is 6. The summed E-state index contributed by atoms with van der Waals surface area (Å²) in [5, 5.41) is 0. The van der Waals surface area contributed by atoms with Crippen LogP contribution < -0.4 is 15.2 Å². The third-order valence-electron chi connectivity index (χ3n) is 3.17. The van der Waals surface area contributed by atoms with Gasteiger partial charge in [0, 0.05) is 5.69 Å². The van der Waals surface area contributed by atoms with Gasteiger partial charge in [0.05, 0.1) is 0 Å². The predicted octanol–water partition coefficient (Wildman–Crippen LogP) is 3.60. The highest BCUT2D eigenvalue weighted by molar-refractivity contribution is 5.49. The van der Waals surface area contributed by atoms with Gasteiger partial charge in [-0.2, -0.15) is 0 Å². The molecule has 3 nitrogen and oxygen atoms in total. The number of benzene rings is 2. The normalized spacial score (nSPS) is 10.3. The second kappa shape index (κ2) is 6.85. The molecule has 0 atom stereocenters. The van der Waals surface area contributed by atoms with Crippen molar-refractivity contribution >= 4 is 5.69 Å². The molecule has 3 heteroatoms. The lowest BCUT2D eigenvalue weighted by Gasteiger charge is -2.10. The number of nitrogens with two attached hydrogens (primary N) is 1. The average Bonchev–Trinajstić information content (AvgIpc) is 2.47. The first-order valence-corrected chi connectivity index (χ1v) is 6.89. The zero-order valence-corrected chi connectivity index (χ0v) is 12.1. The molecule has 0 saturated carbocycles. The van der Waals surface area contributed by atoms with Gasteiger partial charge in [-0.15, -0.1) is 0 Å². The first kappa shape index (κ1) is 14.3. The lowest BCUT2D eigenvalue weighted by atomic mass is 10.2. The minimum Gasteiger partial charge on any atom is -0.490 e. The van der Waals surface area contributed by atoms with Gasteiger partial charge in [-0.1, -0.05) is 19.1 Å². The maximum Gasteiger partial charge on any atom is 0.122 e. The molecule has 0 aliphatic heterocycles. The Balaban J connectivity index is 1.79. The minimum absolute atomic E-state index is 0.514. The molecule has 20 heavy (non-hydrogen) atoms. The van der Waals surface area contributed by atoms with Crippen LogP contribution in [0.4, 0.5) is 5.69 Å². The van der Waals surface area contributed by atoms with Crippen LogP contribution in [0.1, 0.15) is 18.1 Å². The van der Waals surface area contributed by atoms with E-state index in [1.807, 2.05) is 37.3 Å². The van der Waals surface area contributed by atoms with Crippen LogP contribution in [-0.4, -0.2) is 13.2 Å². The van der Waals surface area contributed by atoms with Crippen molar-refractivity contribution in [3.05, 3.63) is 53.6 Å². The Morgan fingerprint density at radius 1 is 0.950 bits per heavy atom. The molecule has 2 N–H and O–H groups in total. The summed E-state index contributed by atoms with van der Waals surface area (Å²) in [6.07, 6.45) is 1.01. The van der Waals surface area contributed by atoms with Gasteiger partial charge in [-0.25, -0.2) is 0 Å². The lowest BCUT2D eigenvalue weighted by molar-refractivity contribution is 0.217. The zero-order valence-electron chi connectivity index (χ0n) is 12.1. The van der Waals surface area contributed by atoms with Gasteiger partial charge in [0.25, 0.3) is 0 Å². The van der Waals surface area contributed by atoms with Crippen molar-refractivity contribution in [3.8, 4) is 11.5 Å². The number of ether oxygens (including phenoxy) is 2. The van der Waals surface area contributed by atoms with Crippen molar-refractivity contribution in [3.63, 3.8) is 0 Å². The Kier molecular flexibility index (Phi) is 4.88. The van der Waals surface area contributed by atoms with Crippen molar-refractivity contribution < 1.29 is 9.47 Å². The number of anilines is 1. The molecular weight excluding hydrogens is 250 g/mol. The third kappa shape index (κ3) is 3.92. The Morgan fingerprint density at radius 3 is 2.30 bits per heavy atom. The molecule has 0 aliphatic rings. The van der Waals surface area contributed by atoms with Gasteiger partial charge in [0.1, 0.15) is 24.7 Å². The second-order valence-corrected chi connectivity index (χ2v) is 4.72. The van der Waals surface area contributed by atoms with Gasteiger partial charge in [-0.3, -0.25) is 0 Å². The van der Waals surface area contributed by atoms with E-state index in [1.165, 1.54) is 5.56 Å². The van der Waals surface area contributed by atoms with Crippen molar-refractivity contribution in [2.45, 2.75) is 20.3 Å². The van der Waals surface area contributed by atoms with E-state index in [1.54, 1.807) is 0 Å². The van der Waals surface area contributed by atoms with Crippen molar-refractivity contribution in [2.75, 3.05) is 18.9 Å². The van der Waals surface area contributed by atoms with E-state index in [4.69, 9.17) is 15.2 Å². The first-order valence-electron chi connectivity index (χ1n) is 6.89. The Labute approximate surface area is 120 Å². The van der Waals surface area contributed by atoms with Gasteiger partial charge in [-0.05, 0) is 54.8 Å². The van der Waals surface area contributed by atoms with E-state index >= 15 is 0 Å². The molecule has 0 bridgehead atoms. The average molecular weight is 271 g/mol. The standard InChI is InChI=1S/C17H21NO2/c1-3-14-5-4-6-15(12-14)19-9-10-20-16-7-8-17(18)13(2)11-16/h4-8,11-12H,3,9-10,18H2,1-2H3. The minimum atomic E-state index is 0.514. The number of aryl methyl sites for hydroxylation is 2. The zero-order chi connectivity index (χ0) is 14.4. The summed E-state index contributed by atoms with van der Waals surface area (Å²) in [4.78, 5) is 0. The fraction of sp³-hybridized carbons (Fsp3) is 0.294. The maximum atomic E-state index is 5.77. The van der Waals surface area contributed by atoms with Crippen LogP contribution in [0.2, 0.25) is 0 Å². The highest BCUT2D eigenvalue weighted by Crippen LogP contribution is 2.18. The fourth-order valence-corrected chi connectivity index (χ4v) is 1.91. The van der Waals surface area contributed by atoms with Crippen molar-refractivity contribution in [1.82, 2.24) is 0 Å². The van der Waals surface area contributed by atoms with Crippen LogP contribution in [-0.2, 0) is 6.42 Å². The summed E-state index contributed by atoms with van der Waals surface area (Å²) in [7, 11) is 0. The molecule has 0 fully saturated rings. The Bertz CT molecular complexity index is 567. The topological polar surface area (TPSA) is 44.5 Å². The second-order valence-electron chi connectivity index (χ2n) is 4.72. The molecule has 0 aromatic heterocycles. The number of nitrogen functional groups attached to an aromatic ring is 1. The molecular formula is C17H21NO2. The largest absolute Gasteiger partial charge is 0.490 e. The summed E-state index contributed by atoms with van der Waals surface area (Å²) < 4.78 is 11.3. The molecule has 0 aliphatic carbocycles. The quantitative estimate of drug-likeness (QED) is 0.645. The summed E-state index contributed by atoms with van der Waals surface area (Å²) in [6, 6.07) is 13.8. The third-order valence-corrected chi connectivity index (χ3v) is 3.17. The predicted molar refractivity (Wildman–Crippen MR) is 82.4 cm³/mol. The summed E-state index contributed by atoms with van der Waals surface area (Å²) >= 11 is 0. The molecule has 2 aromatic carbocycles. The maximum absolute atomic E-state index is 5.77. The van der Waals surface area contributed by atoms with E-state index < -0.39 is 0 Å². The van der Waals surface area contributed by atoms with Crippen LogP contribution in [0.25, 0.3) is 0 Å². The Morgan fingerprint density at radius 2 is 1.65 bits per heavy atom. The highest BCUT2D eigenvalue weighted by Gasteiger charge is 1.99. The molecule has 2 rings (SSSR count). The first-order chi connectivity index (χ1) is 9.69. The molecule has 0 amide bonds. The van der Waals surface area contributed by atoms with Gasteiger partial charge in [0.2, 0.25) is 0 Å². The molecule has 2 aromatic rings. The number of hydrogen-bond donors (Lipinski definition) is 1. The van der Waals surface area contributed by atoms with Crippen LogP contribution >= 0.6 is 0 Å². The molecule has 0 radical (unpaired) electrons. The highest BCUT2D eigenvalue weighted by atomic mass is 16.5. The van der Waals surface area contributed by atoms with E-state index in [0.29, 0.717) is 13.2 Å². The van der Waals surface area contributed by atoms with Crippen LogP contribution in [0.3, 0.4) is 0 Å². The lowest BCUT2D eigenvalue weighted by Crippen LogP contribution is -2.09. The van der Waals surface area contributed by atoms with Crippen LogP contribution in [0, 0.1) is 6.92 Å². The molecule has 0 heterocycles. The van der Waals surface area contributed by atoms with Crippen LogP contribution in [0.5, 0.6) is 11.5 Å². The van der Waals surface area contributed by atoms with E-state index in [-0.39, 0.29) is 0 Å². The summed E-state index contributed by atoms with van der Waals surface area (Å²) in [6.45, 7) is 5.14. The number of hydrogen-bond acceptors (Lipinski definition) is 3. The summed E-state index contributed by atoms with van der Waals surface area (Å²) in [5.41, 5.74) is 8.85. The monoisotopic (exact) mass is 271 g/mol. The Hall–Kier alpha value is -2.16. The molecule has 106 valence electrons. The van der Waals surface area contributed by atoms with Gasteiger partial charge in [0.15, 0.2) is 0 Å². The van der Waals surface area contributed by atoms with Gasteiger partial charge < -0.3 is 15.2 Å². The van der Waals surface area contributed by atoms with Crippen molar-refractivity contribution in [2.24, 2.45) is 0 Å². The smallest absolute Gasteiger partial charge is 0.122 e. The molecule has 0 spiro atoms. The fourth-order valence-electron chi connectivity index (χ4n) is 1.91. The van der Waals surface area contributed by atoms with E-state index in [2.05, 4.69) is 19.1 Å². The molecule has 0 unspecified atom stereocenters. The van der Waals surface area contributed by atoms with E-state index in [0.717, 1.165) is 29.2 Å². The van der Waals surface area contributed by atoms with Gasteiger partial charge >= 0.3 is 0 Å². The van der Waals surface area contributed by atoms with E-state index in [9.17, 15) is 0 Å².